The summed E-state index contributed by atoms with van der Waals surface area (Å²) in [4.78, 5) is 13.5. The predicted octanol–water partition coefficient (Wildman–Crippen LogP) is 3.80. The van der Waals surface area contributed by atoms with E-state index in [1.807, 2.05) is 36.4 Å². The van der Waals surface area contributed by atoms with Gasteiger partial charge < -0.3 is 14.4 Å². The van der Waals surface area contributed by atoms with Gasteiger partial charge in [0.1, 0.15) is 11.4 Å². The van der Waals surface area contributed by atoms with Gasteiger partial charge in [-0.3, -0.25) is 9.69 Å². The third-order valence-corrected chi connectivity index (χ3v) is 5.37. The highest BCUT2D eigenvalue weighted by Crippen LogP contribution is 2.37. The Labute approximate surface area is 157 Å². The number of aromatic nitrogens is 1. The van der Waals surface area contributed by atoms with Crippen molar-refractivity contribution in [1.29, 1.82) is 0 Å². The Balaban J connectivity index is 1.62. The van der Waals surface area contributed by atoms with Crippen LogP contribution in [-0.2, 0) is 11.3 Å². The van der Waals surface area contributed by atoms with Crippen LogP contribution in [0.25, 0.3) is 22.0 Å². The molecule has 1 unspecified atom stereocenters. The summed E-state index contributed by atoms with van der Waals surface area (Å²) in [6.07, 6.45) is 0.639. The van der Waals surface area contributed by atoms with Gasteiger partial charge in [-0.2, -0.15) is 0 Å². The number of ether oxygens (including phenoxy) is 1. The van der Waals surface area contributed by atoms with Gasteiger partial charge in [-0.15, -0.1) is 0 Å². The van der Waals surface area contributed by atoms with Gasteiger partial charge in [-0.25, -0.2) is 0 Å². The number of methoxy groups -OCH3 is 1. The summed E-state index contributed by atoms with van der Waals surface area (Å²) in [7, 11) is 1.64. The molecular weight excluding hydrogens is 344 g/mol. The number of aliphatic carboxylic acids is 1. The number of hydrogen-bond acceptors (Lipinski definition) is 5. The minimum Gasteiger partial charge on any atom is -0.496 e. The van der Waals surface area contributed by atoms with Crippen molar-refractivity contribution in [3.63, 3.8) is 0 Å². The molecule has 1 aliphatic heterocycles. The fourth-order valence-corrected chi connectivity index (χ4v) is 3.78. The minimum atomic E-state index is -0.747. The van der Waals surface area contributed by atoms with Crippen LogP contribution in [0, 0.1) is 5.41 Å². The molecule has 1 atom stereocenters. The molecule has 1 saturated heterocycles. The van der Waals surface area contributed by atoms with Gasteiger partial charge >= 0.3 is 5.97 Å². The molecule has 6 nitrogen and oxygen atoms in total. The Kier molecular flexibility index (Phi) is 4.36. The molecule has 2 heterocycles. The monoisotopic (exact) mass is 366 g/mol. The highest BCUT2D eigenvalue weighted by atomic mass is 16.5. The summed E-state index contributed by atoms with van der Waals surface area (Å²) in [6.45, 7) is 3.58. The van der Waals surface area contributed by atoms with E-state index in [4.69, 9.17) is 9.26 Å². The molecule has 1 fully saturated rings. The summed E-state index contributed by atoms with van der Waals surface area (Å²) in [5.74, 6) is 0.714. The van der Waals surface area contributed by atoms with Crippen LogP contribution in [0.1, 0.15) is 19.1 Å². The summed E-state index contributed by atoms with van der Waals surface area (Å²) < 4.78 is 11.1. The van der Waals surface area contributed by atoms with Crippen molar-refractivity contribution >= 4 is 16.7 Å². The zero-order valence-electron chi connectivity index (χ0n) is 15.4. The molecule has 6 heteroatoms. The lowest BCUT2D eigenvalue weighted by Gasteiger charge is -2.18. The van der Waals surface area contributed by atoms with Crippen LogP contribution >= 0.6 is 0 Å². The first-order chi connectivity index (χ1) is 13.0. The molecule has 1 aromatic heterocycles. The number of carboxylic acids is 1. The second-order valence-corrected chi connectivity index (χ2v) is 7.37. The van der Waals surface area contributed by atoms with Crippen molar-refractivity contribution in [2.45, 2.75) is 19.9 Å². The molecular formula is C21H22N2O4. The lowest BCUT2D eigenvalue weighted by atomic mass is 9.90. The zero-order chi connectivity index (χ0) is 19.0. The zero-order valence-corrected chi connectivity index (χ0v) is 15.4. The number of likely N-dealkylation sites (tertiary alicyclic amines) is 1. The van der Waals surface area contributed by atoms with Gasteiger partial charge in [0.2, 0.25) is 0 Å². The summed E-state index contributed by atoms with van der Waals surface area (Å²) in [5.41, 5.74) is 0.933. The topological polar surface area (TPSA) is 75.8 Å². The first kappa shape index (κ1) is 17.5. The van der Waals surface area contributed by atoms with Crippen molar-refractivity contribution < 1.29 is 19.2 Å². The smallest absolute Gasteiger partial charge is 0.310 e. The van der Waals surface area contributed by atoms with Crippen molar-refractivity contribution in [3.8, 4) is 17.0 Å². The normalized spacial score (nSPS) is 20.2. The van der Waals surface area contributed by atoms with Crippen LogP contribution in [0.2, 0.25) is 0 Å². The fraction of sp³-hybridized carbons (Fsp3) is 0.333. The number of rotatable bonds is 5. The van der Waals surface area contributed by atoms with E-state index in [0.29, 0.717) is 19.5 Å². The molecule has 0 amide bonds. The van der Waals surface area contributed by atoms with Crippen molar-refractivity contribution in [2.75, 3.05) is 20.2 Å². The van der Waals surface area contributed by atoms with Crippen LogP contribution in [0.3, 0.4) is 0 Å². The summed E-state index contributed by atoms with van der Waals surface area (Å²) in [5, 5.41) is 15.8. The molecule has 4 rings (SSSR count). The highest BCUT2D eigenvalue weighted by molar-refractivity contribution is 5.98. The first-order valence-electron chi connectivity index (χ1n) is 8.98. The van der Waals surface area contributed by atoms with E-state index in [-0.39, 0.29) is 0 Å². The molecule has 0 spiro atoms. The maximum absolute atomic E-state index is 11.4. The van der Waals surface area contributed by atoms with E-state index in [2.05, 4.69) is 16.1 Å². The second-order valence-electron chi connectivity index (χ2n) is 7.37. The molecule has 1 N–H and O–H groups in total. The Morgan fingerprint density at radius 1 is 1.33 bits per heavy atom. The van der Waals surface area contributed by atoms with Crippen molar-refractivity contribution in [2.24, 2.45) is 5.41 Å². The molecule has 1 aliphatic rings. The maximum atomic E-state index is 11.4. The highest BCUT2D eigenvalue weighted by Gasteiger charge is 2.40. The molecule has 0 saturated carbocycles. The Morgan fingerprint density at radius 3 is 2.89 bits per heavy atom. The number of carbonyl (C=O) groups is 1. The second kappa shape index (κ2) is 6.70. The lowest BCUT2D eigenvalue weighted by Crippen LogP contribution is -2.31. The van der Waals surface area contributed by atoms with E-state index in [1.165, 1.54) is 0 Å². The molecule has 0 bridgehead atoms. The van der Waals surface area contributed by atoms with Crippen LogP contribution in [-0.4, -0.2) is 41.3 Å². The number of hydrogen-bond donors (Lipinski definition) is 1. The van der Waals surface area contributed by atoms with Gasteiger partial charge in [0.25, 0.3) is 0 Å². The van der Waals surface area contributed by atoms with E-state index in [9.17, 15) is 9.90 Å². The minimum absolute atomic E-state index is 0.510. The largest absolute Gasteiger partial charge is 0.496 e. The lowest BCUT2D eigenvalue weighted by molar-refractivity contribution is -0.147. The molecule has 2 aromatic carbocycles. The third kappa shape index (κ3) is 3.17. The average Bonchev–Trinajstić information content (AvgIpc) is 3.28. The fourth-order valence-electron chi connectivity index (χ4n) is 3.78. The van der Waals surface area contributed by atoms with Crippen LogP contribution in [0.15, 0.2) is 47.0 Å². The molecule has 0 aliphatic carbocycles. The molecule has 3 aromatic rings. The molecule has 140 valence electrons. The third-order valence-electron chi connectivity index (χ3n) is 5.37. The van der Waals surface area contributed by atoms with E-state index >= 15 is 0 Å². The number of benzene rings is 2. The molecule has 27 heavy (non-hydrogen) atoms. The van der Waals surface area contributed by atoms with Gasteiger partial charge in [0.05, 0.1) is 24.6 Å². The average molecular weight is 366 g/mol. The van der Waals surface area contributed by atoms with Crippen molar-refractivity contribution in [1.82, 2.24) is 10.1 Å². The Bertz CT molecular complexity index is 997. The standard InChI is InChI=1S/C21H22N2O4/c1-21(20(24)25)9-10-23(13-21)12-15-11-17(22-27-15)19-16-6-4-3-5-14(16)7-8-18(19)26-2/h3-8,11H,9-10,12-13H2,1-2H3,(H,24,25). The summed E-state index contributed by atoms with van der Waals surface area (Å²) in [6, 6.07) is 14.0. The van der Waals surface area contributed by atoms with Crippen molar-refractivity contribution in [3.05, 3.63) is 48.2 Å². The van der Waals surface area contributed by atoms with Gasteiger partial charge in [-0.05, 0) is 36.7 Å². The van der Waals surface area contributed by atoms with Gasteiger partial charge in [0, 0.05) is 12.6 Å². The number of nitrogens with zero attached hydrogens (tertiary/aromatic N) is 2. The molecule has 0 radical (unpaired) electrons. The maximum Gasteiger partial charge on any atom is 0.310 e. The number of fused-ring (bicyclic) bond motifs is 1. The van der Waals surface area contributed by atoms with Gasteiger partial charge in [-0.1, -0.05) is 35.5 Å². The first-order valence-corrected chi connectivity index (χ1v) is 8.98. The van der Waals surface area contributed by atoms with E-state index < -0.39 is 11.4 Å². The van der Waals surface area contributed by atoms with E-state index in [0.717, 1.165) is 40.1 Å². The summed E-state index contributed by atoms with van der Waals surface area (Å²) >= 11 is 0. The Morgan fingerprint density at radius 2 is 2.15 bits per heavy atom. The van der Waals surface area contributed by atoms with Gasteiger partial charge in [0.15, 0.2) is 5.76 Å². The quantitative estimate of drug-likeness (QED) is 0.740. The van der Waals surface area contributed by atoms with Crippen LogP contribution < -0.4 is 4.74 Å². The van der Waals surface area contributed by atoms with E-state index in [1.54, 1.807) is 14.0 Å². The van der Waals surface area contributed by atoms with Crippen LogP contribution in [0.4, 0.5) is 0 Å². The SMILES string of the molecule is COc1ccc2ccccc2c1-c1cc(CN2CCC(C)(C(=O)O)C2)on1. The predicted molar refractivity (Wildman–Crippen MR) is 102 cm³/mol. The Hall–Kier alpha value is -2.86. The number of carboxylic acid groups (broad SMARTS) is 1. The van der Waals surface area contributed by atoms with Crippen LogP contribution in [0.5, 0.6) is 5.75 Å².